The largest absolute Gasteiger partial charge is 0.486 e. The number of ether oxygens (including phenoxy) is 3. The van der Waals surface area contributed by atoms with Gasteiger partial charge in [0.25, 0.3) is 0 Å². The van der Waals surface area contributed by atoms with E-state index in [4.69, 9.17) is 14.2 Å². The van der Waals surface area contributed by atoms with Gasteiger partial charge < -0.3 is 18.8 Å². The molecule has 0 N–H and O–H groups in total. The number of rotatable bonds is 9. The van der Waals surface area contributed by atoms with Crippen molar-refractivity contribution in [1.82, 2.24) is 4.57 Å². The Kier molecular flexibility index (Phi) is 7.22. The smallest absolute Gasteiger partial charge is 0.316 e. The number of Topliss-reactive ketones (excluding diaryl/α,β-unsaturated/α-hetero) is 1. The molecule has 0 saturated carbocycles. The summed E-state index contributed by atoms with van der Waals surface area (Å²) in [5, 5.41) is 2.07. The number of thiophene rings is 1. The zero-order chi connectivity index (χ0) is 22.5. The van der Waals surface area contributed by atoms with E-state index in [0.29, 0.717) is 30.3 Å². The van der Waals surface area contributed by atoms with Crippen LogP contribution in [-0.2, 0) is 22.5 Å². The molecule has 32 heavy (non-hydrogen) atoms. The Hall–Kier alpha value is -2.71. The quantitative estimate of drug-likeness (QED) is 0.256. The number of thioether (sulfide) groups is 1. The molecule has 0 saturated heterocycles. The topological polar surface area (TPSA) is 66.8 Å². The maximum Gasteiger partial charge on any atom is 0.316 e. The summed E-state index contributed by atoms with van der Waals surface area (Å²) in [4.78, 5) is 27.0. The van der Waals surface area contributed by atoms with Crippen molar-refractivity contribution in [3.8, 4) is 11.5 Å². The second-order valence-electron chi connectivity index (χ2n) is 7.44. The molecule has 4 rings (SSSR count). The van der Waals surface area contributed by atoms with Crippen molar-refractivity contribution < 1.29 is 23.8 Å². The molecule has 6 nitrogen and oxygen atoms in total. The Balaban J connectivity index is 1.27. The third-order valence-electron chi connectivity index (χ3n) is 5.27. The van der Waals surface area contributed by atoms with Crippen LogP contribution in [0.5, 0.6) is 11.5 Å². The summed E-state index contributed by atoms with van der Waals surface area (Å²) < 4.78 is 18.4. The van der Waals surface area contributed by atoms with Crippen LogP contribution in [0.25, 0.3) is 0 Å². The lowest BCUT2D eigenvalue weighted by Gasteiger charge is -2.18. The summed E-state index contributed by atoms with van der Waals surface area (Å²) in [6.07, 6.45) is 0.924. The third-order valence-corrected chi connectivity index (χ3v) is 7.17. The number of carbonyl (C=O) groups is 2. The summed E-state index contributed by atoms with van der Waals surface area (Å²) in [6, 6.07) is 11.6. The highest BCUT2D eigenvalue weighted by Crippen LogP contribution is 2.34. The lowest BCUT2D eigenvalue weighted by Crippen LogP contribution is -2.16. The molecule has 168 valence electrons. The third kappa shape index (κ3) is 5.37. The van der Waals surface area contributed by atoms with Crippen LogP contribution in [0.2, 0.25) is 0 Å². The van der Waals surface area contributed by atoms with Gasteiger partial charge in [0.1, 0.15) is 13.2 Å². The van der Waals surface area contributed by atoms with E-state index >= 15 is 0 Å². The SMILES string of the molecule is Cc1cc(C(=O)COC(=O)CSc2ccc3c(c2)OCCO3)c(C)n1CCc1cccs1. The molecule has 0 bridgehead atoms. The molecule has 0 atom stereocenters. The fourth-order valence-corrected chi connectivity index (χ4v) is 5.05. The normalized spacial score (nSPS) is 12.6. The number of hydrogen-bond donors (Lipinski definition) is 0. The van der Waals surface area contributed by atoms with Gasteiger partial charge in [0, 0.05) is 33.3 Å². The highest BCUT2D eigenvalue weighted by atomic mass is 32.2. The molecule has 0 radical (unpaired) electrons. The van der Waals surface area contributed by atoms with Gasteiger partial charge in [-0.2, -0.15) is 0 Å². The van der Waals surface area contributed by atoms with Crippen molar-refractivity contribution in [2.24, 2.45) is 0 Å². The van der Waals surface area contributed by atoms with E-state index in [9.17, 15) is 9.59 Å². The fraction of sp³-hybridized carbons (Fsp3) is 0.333. The van der Waals surface area contributed by atoms with Gasteiger partial charge in [0.15, 0.2) is 18.1 Å². The van der Waals surface area contributed by atoms with Crippen LogP contribution in [-0.4, -0.2) is 41.9 Å². The number of nitrogens with zero attached hydrogens (tertiary/aromatic N) is 1. The zero-order valence-electron chi connectivity index (χ0n) is 18.1. The molecule has 0 fully saturated rings. The van der Waals surface area contributed by atoms with Gasteiger partial charge in [-0.15, -0.1) is 23.1 Å². The Morgan fingerprint density at radius 2 is 1.94 bits per heavy atom. The summed E-state index contributed by atoms with van der Waals surface area (Å²) in [6.45, 7) is 5.55. The second-order valence-corrected chi connectivity index (χ2v) is 9.52. The van der Waals surface area contributed by atoms with Crippen molar-refractivity contribution in [1.29, 1.82) is 0 Å². The molecule has 3 aromatic rings. The highest BCUT2D eigenvalue weighted by Gasteiger charge is 2.18. The number of aryl methyl sites for hydroxylation is 2. The van der Waals surface area contributed by atoms with Gasteiger partial charge in [-0.1, -0.05) is 6.07 Å². The standard InChI is InChI=1S/C24H25NO5S2/c1-16-12-20(17(2)25(16)8-7-18-4-3-11-31-18)21(26)14-30-24(27)15-32-19-5-6-22-23(13-19)29-10-9-28-22/h3-6,11-13H,7-10,14-15H2,1-2H3. The molecule has 0 amide bonds. The first-order chi connectivity index (χ1) is 15.5. The number of carbonyl (C=O) groups excluding carboxylic acids is 2. The van der Waals surface area contributed by atoms with Gasteiger partial charge in [-0.3, -0.25) is 9.59 Å². The van der Waals surface area contributed by atoms with Crippen LogP contribution in [0.4, 0.5) is 0 Å². The molecule has 1 aliphatic rings. The summed E-state index contributed by atoms with van der Waals surface area (Å²) in [5.74, 6) is 0.899. The molecule has 0 unspecified atom stereocenters. The van der Waals surface area contributed by atoms with E-state index in [1.807, 2.05) is 44.2 Å². The monoisotopic (exact) mass is 471 g/mol. The molecule has 0 aliphatic carbocycles. The number of ketones is 1. The molecule has 1 aromatic carbocycles. The fourth-order valence-electron chi connectivity index (χ4n) is 3.63. The van der Waals surface area contributed by atoms with E-state index < -0.39 is 5.97 Å². The predicted molar refractivity (Wildman–Crippen MR) is 125 cm³/mol. The van der Waals surface area contributed by atoms with Gasteiger partial charge >= 0.3 is 5.97 Å². The number of benzene rings is 1. The minimum atomic E-state index is -0.426. The molecular weight excluding hydrogens is 446 g/mol. The van der Waals surface area contributed by atoms with E-state index in [1.54, 1.807) is 11.3 Å². The molecule has 0 spiro atoms. The summed E-state index contributed by atoms with van der Waals surface area (Å²) in [7, 11) is 0. The predicted octanol–water partition coefficient (Wildman–Crippen LogP) is 4.70. The Morgan fingerprint density at radius 3 is 2.72 bits per heavy atom. The van der Waals surface area contributed by atoms with Crippen LogP contribution < -0.4 is 9.47 Å². The summed E-state index contributed by atoms with van der Waals surface area (Å²) in [5.41, 5.74) is 2.55. The lowest BCUT2D eigenvalue weighted by atomic mass is 10.1. The average molecular weight is 472 g/mol. The van der Waals surface area contributed by atoms with E-state index in [0.717, 1.165) is 29.2 Å². The molecule has 1 aliphatic heterocycles. The number of esters is 1. The molecular formula is C24H25NO5S2. The maximum atomic E-state index is 12.7. The van der Waals surface area contributed by atoms with Crippen molar-refractivity contribution >= 4 is 34.9 Å². The number of hydrogen-bond acceptors (Lipinski definition) is 7. The van der Waals surface area contributed by atoms with Gasteiger partial charge in [-0.05, 0) is 56.0 Å². The molecule has 3 heterocycles. The first-order valence-electron chi connectivity index (χ1n) is 10.4. The van der Waals surface area contributed by atoms with Gasteiger partial charge in [0.05, 0.1) is 5.75 Å². The Labute approximate surface area is 195 Å². The van der Waals surface area contributed by atoms with Crippen LogP contribution >= 0.6 is 23.1 Å². The van der Waals surface area contributed by atoms with Gasteiger partial charge in [0.2, 0.25) is 5.78 Å². The number of fused-ring (bicyclic) bond motifs is 1. The van der Waals surface area contributed by atoms with Crippen LogP contribution in [0.15, 0.2) is 46.7 Å². The zero-order valence-corrected chi connectivity index (χ0v) is 19.7. The minimum Gasteiger partial charge on any atom is -0.486 e. The van der Waals surface area contributed by atoms with E-state index in [-0.39, 0.29) is 18.1 Å². The average Bonchev–Trinajstić information content (AvgIpc) is 3.42. The first kappa shape index (κ1) is 22.5. The van der Waals surface area contributed by atoms with Crippen molar-refractivity contribution in [2.45, 2.75) is 31.7 Å². The molecule has 2 aromatic heterocycles. The Bertz CT molecular complexity index is 1100. The highest BCUT2D eigenvalue weighted by molar-refractivity contribution is 8.00. The van der Waals surface area contributed by atoms with E-state index in [1.165, 1.54) is 16.6 Å². The van der Waals surface area contributed by atoms with Crippen LogP contribution in [0, 0.1) is 13.8 Å². The minimum absolute atomic E-state index is 0.118. The number of aromatic nitrogens is 1. The summed E-state index contributed by atoms with van der Waals surface area (Å²) >= 11 is 3.07. The van der Waals surface area contributed by atoms with Crippen molar-refractivity contribution in [2.75, 3.05) is 25.6 Å². The van der Waals surface area contributed by atoms with E-state index in [2.05, 4.69) is 16.0 Å². The van der Waals surface area contributed by atoms with Crippen LogP contribution in [0.3, 0.4) is 0 Å². The lowest BCUT2D eigenvalue weighted by molar-refractivity contribution is -0.139. The second kappa shape index (κ2) is 10.3. The first-order valence-corrected chi connectivity index (χ1v) is 12.3. The van der Waals surface area contributed by atoms with Gasteiger partial charge in [-0.25, -0.2) is 0 Å². The maximum absolute atomic E-state index is 12.7. The van der Waals surface area contributed by atoms with Crippen LogP contribution in [0.1, 0.15) is 26.6 Å². The Morgan fingerprint density at radius 1 is 1.12 bits per heavy atom. The molecule has 8 heteroatoms. The van der Waals surface area contributed by atoms with Crippen molar-refractivity contribution in [3.63, 3.8) is 0 Å². The van der Waals surface area contributed by atoms with Crippen molar-refractivity contribution in [3.05, 3.63) is 63.6 Å².